The van der Waals surface area contributed by atoms with Crippen molar-refractivity contribution in [2.75, 3.05) is 45.8 Å². The Bertz CT molecular complexity index is 1060. The van der Waals surface area contributed by atoms with Gasteiger partial charge in [0, 0.05) is 38.6 Å². The highest BCUT2D eigenvalue weighted by atomic mass is 16.2. The van der Waals surface area contributed by atoms with Crippen LogP contribution in [-0.2, 0) is 17.8 Å². The van der Waals surface area contributed by atoms with Crippen LogP contribution in [0.2, 0.25) is 0 Å². The zero-order valence-corrected chi connectivity index (χ0v) is 19.7. The minimum atomic E-state index is 0.176. The first-order chi connectivity index (χ1) is 16.1. The Balaban J connectivity index is 1.05. The van der Waals surface area contributed by atoms with Gasteiger partial charge in [0.15, 0.2) is 0 Å². The summed E-state index contributed by atoms with van der Waals surface area (Å²) in [6.07, 6.45) is 2.98. The van der Waals surface area contributed by atoms with Crippen molar-refractivity contribution in [1.29, 1.82) is 0 Å². The molecule has 174 valence electrons. The first kappa shape index (κ1) is 22.1. The lowest BCUT2D eigenvalue weighted by atomic mass is 9.95. The number of fused-ring (bicyclic) bond motifs is 1. The maximum Gasteiger partial charge on any atom is 0.225 e. The monoisotopic (exact) mass is 445 g/mol. The molecule has 2 fully saturated rings. The lowest BCUT2D eigenvalue weighted by Crippen LogP contribution is -2.51. The second-order valence-corrected chi connectivity index (χ2v) is 9.66. The van der Waals surface area contributed by atoms with Crippen molar-refractivity contribution in [3.63, 3.8) is 0 Å². The van der Waals surface area contributed by atoms with E-state index in [0.29, 0.717) is 5.91 Å². The van der Waals surface area contributed by atoms with Crippen LogP contribution in [-0.4, -0.2) is 76.4 Å². The van der Waals surface area contributed by atoms with Gasteiger partial charge in [-0.05, 0) is 62.5 Å². The minimum Gasteiger partial charge on any atom is -0.341 e. The molecule has 3 heterocycles. The van der Waals surface area contributed by atoms with Crippen molar-refractivity contribution in [1.82, 2.24) is 24.7 Å². The number of likely N-dealkylation sites (tertiary alicyclic amines) is 1. The predicted molar refractivity (Wildman–Crippen MR) is 132 cm³/mol. The highest BCUT2D eigenvalue weighted by molar-refractivity contribution is 5.79. The Morgan fingerprint density at radius 1 is 0.970 bits per heavy atom. The van der Waals surface area contributed by atoms with Gasteiger partial charge < -0.3 is 9.88 Å². The van der Waals surface area contributed by atoms with Crippen LogP contribution in [0.5, 0.6) is 0 Å². The Morgan fingerprint density at radius 2 is 1.73 bits per heavy atom. The fraction of sp³-hybridized carbons (Fsp3) is 0.481. The number of aryl methyl sites for hydroxylation is 1. The van der Waals surface area contributed by atoms with Crippen LogP contribution in [0.1, 0.15) is 29.8 Å². The van der Waals surface area contributed by atoms with Gasteiger partial charge in [-0.1, -0.05) is 36.4 Å². The molecule has 0 spiro atoms. The quantitative estimate of drug-likeness (QED) is 0.631. The number of nitrogens with one attached hydrogen (secondary N) is 1. The van der Waals surface area contributed by atoms with Gasteiger partial charge in [0.25, 0.3) is 0 Å². The highest BCUT2D eigenvalue weighted by Crippen LogP contribution is 2.22. The fourth-order valence-corrected chi connectivity index (χ4v) is 5.18. The van der Waals surface area contributed by atoms with Crippen LogP contribution in [0.3, 0.4) is 0 Å². The van der Waals surface area contributed by atoms with Gasteiger partial charge in [-0.3, -0.25) is 14.6 Å². The molecule has 0 radical (unpaired) electrons. The van der Waals surface area contributed by atoms with E-state index in [2.05, 4.69) is 75.1 Å². The van der Waals surface area contributed by atoms with Crippen molar-refractivity contribution >= 4 is 16.9 Å². The molecule has 2 aromatic carbocycles. The number of benzene rings is 2. The van der Waals surface area contributed by atoms with E-state index in [-0.39, 0.29) is 5.92 Å². The topological polar surface area (TPSA) is 55.5 Å². The molecule has 33 heavy (non-hydrogen) atoms. The van der Waals surface area contributed by atoms with E-state index in [1.165, 1.54) is 11.1 Å². The van der Waals surface area contributed by atoms with Gasteiger partial charge in [0.05, 0.1) is 17.6 Å². The Hall–Kier alpha value is -2.70. The number of carbonyl (C=O) groups is 1. The molecule has 6 heteroatoms. The molecule has 0 atom stereocenters. The van der Waals surface area contributed by atoms with Crippen molar-refractivity contribution in [2.45, 2.75) is 32.7 Å². The fourth-order valence-electron chi connectivity index (χ4n) is 5.18. The van der Waals surface area contributed by atoms with Crippen LogP contribution >= 0.6 is 0 Å². The average Bonchev–Trinajstić information content (AvgIpc) is 3.25. The summed E-state index contributed by atoms with van der Waals surface area (Å²) < 4.78 is 0. The summed E-state index contributed by atoms with van der Waals surface area (Å²) >= 11 is 0. The maximum absolute atomic E-state index is 13.1. The Labute approximate surface area is 196 Å². The summed E-state index contributed by atoms with van der Waals surface area (Å²) in [4.78, 5) is 28.4. The maximum atomic E-state index is 13.1. The van der Waals surface area contributed by atoms with Crippen molar-refractivity contribution in [2.24, 2.45) is 5.92 Å². The van der Waals surface area contributed by atoms with Gasteiger partial charge in [-0.25, -0.2) is 4.98 Å². The van der Waals surface area contributed by atoms with Gasteiger partial charge >= 0.3 is 0 Å². The summed E-state index contributed by atoms with van der Waals surface area (Å²) in [6, 6.07) is 17.0. The summed E-state index contributed by atoms with van der Waals surface area (Å²) in [5.74, 6) is 1.57. The summed E-state index contributed by atoms with van der Waals surface area (Å²) in [7, 11) is 0. The first-order valence-electron chi connectivity index (χ1n) is 12.4. The normalized spacial score (nSPS) is 18.8. The second-order valence-electron chi connectivity index (χ2n) is 9.66. The van der Waals surface area contributed by atoms with E-state index in [9.17, 15) is 4.79 Å². The third-order valence-corrected chi connectivity index (χ3v) is 7.24. The molecule has 2 aliphatic rings. The van der Waals surface area contributed by atoms with Gasteiger partial charge in [0.2, 0.25) is 5.91 Å². The number of amides is 1. The third kappa shape index (κ3) is 5.45. The zero-order valence-electron chi connectivity index (χ0n) is 19.7. The van der Waals surface area contributed by atoms with Crippen LogP contribution in [0.4, 0.5) is 0 Å². The molecule has 5 rings (SSSR count). The molecule has 2 aliphatic heterocycles. The van der Waals surface area contributed by atoms with Gasteiger partial charge in [-0.15, -0.1) is 0 Å². The molecule has 0 unspecified atom stereocenters. The molecule has 2 saturated heterocycles. The summed E-state index contributed by atoms with van der Waals surface area (Å²) in [6.45, 7) is 9.64. The molecular formula is C27H35N5O. The number of piperidine rings is 1. The standard InChI is InChI=1S/C27H35N5O/c1-21-7-8-24-25(19-21)29-26(28-24)20-31-13-10-23(11-14-31)27(33)32-17-15-30(16-18-32)12-9-22-5-3-2-4-6-22/h2-8,19,23H,9-18,20H2,1H3,(H,28,29). The number of aromatic nitrogens is 2. The lowest BCUT2D eigenvalue weighted by molar-refractivity contribution is -0.138. The third-order valence-electron chi connectivity index (χ3n) is 7.24. The van der Waals surface area contributed by atoms with Crippen molar-refractivity contribution < 1.29 is 4.79 Å². The number of hydrogen-bond donors (Lipinski definition) is 1. The van der Waals surface area contributed by atoms with E-state index in [1.54, 1.807) is 0 Å². The Morgan fingerprint density at radius 3 is 2.48 bits per heavy atom. The predicted octanol–water partition coefficient (Wildman–Crippen LogP) is 3.47. The molecule has 0 saturated carbocycles. The Kier molecular flexibility index (Phi) is 6.74. The summed E-state index contributed by atoms with van der Waals surface area (Å²) in [5.41, 5.74) is 4.77. The van der Waals surface area contributed by atoms with Crippen LogP contribution in [0.15, 0.2) is 48.5 Å². The molecule has 3 aromatic rings. The molecule has 1 aromatic heterocycles. The number of piperazine rings is 1. The highest BCUT2D eigenvalue weighted by Gasteiger charge is 2.30. The van der Waals surface area contributed by atoms with Gasteiger partial charge in [0.1, 0.15) is 5.82 Å². The average molecular weight is 446 g/mol. The largest absolute Gasteiger partial charge is 0.341 e. The number of H-pyrrole nitrogens is 1. The molecule has 1 N–H and O–H groups in total. The number of hydrogen-bond acceptors (Lipinski definition) is 4. The van der Waals surface area contributed by atoms with E-state index >= 15 is 0 Å². The molecule has 6 nitrogen and oxygen atoms in total. The minimum absolute atomic E-state index is 0.176. The molecule has 0 bridgehead atoms. The molecular weight excluding hydrogens is 410 g/mol. The van der Waals surface area contributed by atoms with E-state index in [1.807, 2.05) is 0 Å². The smallest absolute Gasteiger partial charge is 0.225 e. The van der Waals surface area contributed by atoms with E-state index in [4.69, 9.17) is 4.98 Å². The number of carbonyl (C=O) groups excluding carboxylic acids is 1. The van der Waals surface area contributed by atoms with Crippen LogP contribution < -0.4 is 0 Å². The van der Waals surface area contributed by atoms with E-state index < -0.39 is 0 Å². The number of aromatic amines is 1. The van der Waals surface area contributed by atoms with Crippen molar-refractivity contribution in [3.8, 4) is 0 Å². The second kappa shape index (κ2) is 10.1. The molecule has 1 amide bonds. The van der Waals surface area contributed by atoms with Crippen molar-refractivity contribution in [3.05, 3.63) is 65.5 Å². The first-order valence-corrected chi connectivity index (χ1v) is 12.4. The summed E-state index contributed by atoms with van der Waals surface area (Å²) in [5, 5.41) is 0. The zero-order chi connectivity index (χ0) is 22.6. The lowest BCUT2D eigenvalue weighted by Gasteiger charge is -2.38. The SMILES string of the molecule is Cc1ccc2nc(CN3CCC(C(=O)N4CCN(CCc5ccccc5)CC4)CC3)[nH]c2c1. The van der Waals surface area contributed by atoms with E-state index in [0.717, 1.165) is 88.5 Å². The van der Waals surface area contributed by atoms with Crippen LogP contribution in [0.25, 0.3) is 11.0 Å². The number of rotatable bonds is 6. The number of nitrogens with zero attached hydrogens (tertiary/aromatic N) is 4. The van der Waals surface area contributed by atoms with Crippen LogP contribution in [0, 0.1) is 12.8 Å². The number of imidazole rings is 1. The molecule has 0 aliphatic carbocycles. The van der Waals surface area contributed by atoms with Gasteiger partial charge in [-0.2, -0.15) is 0 Å².